The lowest BCUT2D eigenvalue weighted by Gasteiger charge is -2.41. The van der Waals surface area contributed by atoms with Gasteiger partial charge >= 0.3 is 0 Å². The summed E-state index contributed by atoms with van der Waals surface area (Å²) in [6, 6.07) is 7.77. The topological polar surface area (TPSA) is 52.7 Å². The summed E-state index contributed by atoms with van der Waals surface area (Å²) in [7, 11) is 0. The van der Waals surface area contributed by atoms with Crippen LogP contribution in [0.15, 0.2) is 35.9 Å². The minimum absolute atomic E-state index is 0.125. The molecule has 0 unspecified atom stereocenters. The number of benzene rings is 1. The summed E-state index contributed by atoms with van der Waals surface area (Å²) in [5, 5.41) is 3.60. The van der Waals surface area contributed by atoms with E-state index in [1.165, 1.54) is 11.1 Å². The first-order valence-electron chi connectivity index (χ1n) is 9.65. The number of hydrogen-bond acceptors (Lipinski definition) is 3. The second-order valence-electron chi connectivity index (χ2n) is 8.39. The van der Waals surface area contributed by atoms with Gasteiger partial charge in [0.2, 0.25) is 11.8 Å². The summed E-state index contributed by atoms with van der Waals surface area (Å²) in [4.78, 5) is 30.2. The maximum atomic E-state index is 13.3. The van der Waals surface area contributed by atoms with E-state index < -0.39 is 0 Å². The second kappa shape index (κ2) is 5.35. The van der Waals surface area contributed by atoms with Crippen molar-refractivity contribution in [2.45, 2.75) is 63.2 Å². The van der Waals surface area contributed by atoms with Crippen LogP contribution in [0.1, 0.15) is 45.1 Å². The number of allylic oxidation sites excluding steroid dienone is 2. The molecule has 1 aromatic carbocycles. The van der Waals surface area contributed by atoms with E-state index in [0.717, 1.165) is 31.5 Å². The molecule has 4 aliphatic heterocycles. The maximum absolute atomic E-state index is 13.3. The van der Waals surface area contributed by atoms with Crippen molar-refractivity contribution in [3.05, 3.63) is 41.5 Å². The first-order valence-corrected chi connectivity index (χ1v) is 9.65. The lowest BCUT2D eigenvalue weighted by molar-refractivity contribution is -0.158. The average Bonchev–Trinajstić information content (AvgIpc) is 3.29. The van der Waals surface area contributed by atoms with Crippen molar-refractivity contribution in [2.75, 3.05) is 11.9 Å². The summed E-state index contributed by atoms with van der Waals surface area (Å²) in [5.41, 5.74) is 3.40. The highest BCUT2D eigenvalue weighted by molar-refractivity contribution is 5.99. The number of carbonyl (C=O) groups is 2. The molecule has 0 aliphatic carbocycles. The zero-order valence-corrected chi connectivity index (χ0v) is 15.4. The van der Waals surface area contributed by atoms with Crippen LogP contribution in [-0.2, 0) is 15.0 Å². The van der Waals surface area contributed by atoms with E-state index in [2.05, 4.69) is 43.4 Å². The minimum atomic E-state index is -0.326. The van der Waals surface area contributed by atoms with Crippen LogP contribution in [0.5, 0.6) is 0 Å². The molecule has 0 spiro atoms. The first-order chi connectivity index (χ1) is 12.5. The molecule has 5 rings (SSSR count). The van der Waals surface area contributed by atoms with Gasteiger partial charge in [0.25, 0.3) is 0 Å². The molecule has 136 valence electrons. The lowest BCUT2D eigenvalue weighted by Crippen LogP contribution is -2.63. The number of hydrogen-bond donors (Lipinski definition) is 1. The van der Waals surface area contributed by atoms with Gasteiger partial charge in [0.05, 0.1) is 0 Å². The summed E-state index contributed by atoms with van der Waals surface area (Å²) < 4.78 is 0. The zero-order valence-electron chi connectivity index (χ0n) is 15.4. The highest BCUT2D eigenvalue weighted by atomic mass is 16.2. The Balaban J connectivity index is 1.62. The fourth-order valence-corrected chi connectivity index (χ4v) is 5.49. The van der Waals surface area contributed by atoms with Gasteiger partial charge in [0.15, 0.2) is 0 Å². The number of nitrogens with one attached hydrogen (secondary N) is 1. The van der Waals surface area contributed by atoms with E-state index in [4.69, 9.17) is 0 Å². The SMILES string of the molecule is CC(C)=CC[C@@]12C[C@H]3C(=O)N4CCC[C@H]4C(=O)N3[C@@H]1Nc1ccccc12. The highest BCUT2D eigenvalue weighted by Gasteiger charge is 2.64. The molecule has 3 saturated heterocycles. The van der Waals surface area contributed by atoms with Gasteiger partial charge in [0.1, 0.15) is 18.2 Å². The van der Waals surface area contributed by atoms with Crippen LogP contribution in [0.2, 0.25) is 0 Å². The molecule has 0 bridgehead atoms. The Hall–Kier alpha value is -2.30. The van der Waals surface area contributed by atoms with Crippen molar-refractivity contribution in [3.8, 4) is 0 Å². The first kappa shape index (κ1) is 15.9. The predicted molar refractivity (Wildman–Crippen MR) is 99.6 cm³/mol. The predicted octanol–water partition coefficient (Wildman–Crippen LogP) is 2.64. The Morgan fingerprint density at radius 3 is 2.85 bits per heavy atom. The molecular formula is C21H25N3O2. The monoisotopic (exact) mass is 351 g/mol. The number of amides is 2. The standard InChI is InChI=1S/C21H25N3O2/c1-13(2)9-10-21-12-17-18(25)23-11-5-8-16(23)19(26)24(17)20(21)22-15-7-4-3-6-14(15)21/h3-4,6-7,9,16-17,20,22H,5,8,10-12H2,1-2H3/t16-,17-,20-,21-/m0/s1. The summed E-state index contributed by atoms with van der Waals surface area (Å²) >= 11 is 0. The molecule has 3 fully saturated rings. The molecule has 4 atom stereocenters. The second-order valence-corrected chi connectivity index (χ2v) is 8.39. The van der Waals surface area contributed by atoms with Crippen molar-refractivity contribution in [1.29, 1.82) is 0 Å². The third-order valence-corrected chi connectivity index (χ3v) is 6.69. The van der Waals surface area contributed by atoms with Crippen molar-refractivity contribution >= 4 is 17.5 Å². The van der Waals surface area contributed by atoms with Gasteiger partial charge in [-0.05, 0) is 51.2 Å². The van der Waals surface area contributed by atoms with Gasteiger partial charge in [-0.15, -0.1) is 0 Å². The van der Waals surface area contributed by atoms with Crippen molar-refractivity contribution in [1.82, 2.24) is 9.80 Å². The Morgan fingerprint density at radius 2 is 2.04 bits per heavy atom. The van der Waals surface area contributed by atoms with Crippen LogP contribution in [0.4, 0.5) is 5.69 Å². The molecule has 4 heterocycles. The van der Waals surface area contributed by atoms with Gasteiger partial charge in [-0.1, -0.05) is 29.8 Å². The van der Waals surface area contributed by atoms with Crippen molar-refractivity contribution in [2.24, 2.45) is 0 Å². The fourth-order valence-electron chi connectivity index (χ4n) is 5.49. The number of para-hydroxylation sites is 1. The number of rotatable bonds is 2. The van der Waals surface area contributed by atoms with Gasteiger partial charge in [-0.2, -0.15) is 0 Å². The molecule has 5 heteroatoms. The van der Waals surface area contributed by atoms with Gasteiger partial charge < -0.3 is 15.1 Å². The molecular weight excluding hydrogens is 326 g/mol. The lowest BCUT2D eigenvalue weighted by atomic mass is 9.75. The van der Waals surface area contributed by atoms with Crippen molar-refractivity contribution in [3.63, 3.8) is 0 Å². The van der Waals surface area contributed by atoms with Crippen LogP contribution in [0.25, 0.3) is 0 Å². The third kappa shape index (κ3) is 1.91. The van der Waals surface area contributed by atoms with Gasteiger partial charge in [-0.3, -0.25) is 9.59 Å². The van der Waals surface area contributed by atoms with Gasteiger partial charge in [-0.25, -0.2) is 0 Å². The molecule has 4 aliphatic rings. The Morgan fingerprint density at radius 1 is 1.23 bits per heavy atom. The van der Waals surface area contributed by atoms with Crippen LogP contribution < -0.4 is 5.32 Å². The fraction of sp³-hybridized carbons (Fsp3) is 0.524. The molecule has 26 heavy (non-hydrogen) atoms. The summed E-state index contributed by atoms with van der Waals surface area (Å²) in [5.74, 6) is 0.286. The average molecular weight is 351 g/mol. The Bertz CT molecular complexity index is 828. The molecule has 0 radical (unpaired) electrons. The van der Waals surface area contributed by atoms with Crippen LogP contribution >= 0.6 is 0 Å². The number of anilines is 1. The molecule has 5 nitrogen and oxygen atoms in total. The molecule has 0 saturated carbocycles. The van der Waals surface area contributed by atoms with Crippen LogP contribution in [0, 0.1) is 0 Å². The maximum Gasteiger partial charge on any atom is 0.247 e. The molecule has 0 aromatic heterocycles. The van der Waals surface area contributed by atoms with Gasteiger partial charge in [0, 0.05) is 17.6 Å². The van der Waals surface area contributed by atoms with Crippen LogP contribution in [0.3, 0.4) is 0 Å². The molecule has 1 aromatic rings. The third-order valence-electron chi connectivity index (χ3n) is 6.69. The highest BCUT2D eigenvalue weighted by Crippen LogP contribution is 2.55. The summed E-state index contributed by atoms with van der Waals surface area (Å²) in [6.45, 7) is 4.94. The van der Waals surface area contributed by atoms with Crippen LogP contribution in [-0.4, -0.2) is 46.4 Å². The zero-order chi connectivity index (χ0) is 18.1. The smallest absolute Gasteiger partial charge is 0.247 e. The van der Waals surface area contributed by atoms with E-state index in [1.54, 1.807) is 0 Å². The number of fused-ring (bicyclic) bond motifs is 6. The quantitative estimate of drug-likeness (QED) is 0.834. The van der Waals surface area contributed by atoms with E-state index in [1.807, 2.05) is 15.9 Å². The Labute approximate surface area is 154 Å². The van der Waals surface area contributed by atoms with E-state index in [0.29, 0.717) is 6.42 Å². The number of carbonyl (C=O) groups excluding carboxylic acids is 2. The Kier molecular flexibility index (Phi) is 3.27. The molecule has 2 amide bonds. The van der Waals surface area contributed by atoms with E-state index >= 15 is 0 Å². The van der Waals surface area contributed by atoms with E-state index in [-0.39, 0.29) is 35.5 Å². The van der Waals surface area contributed by atoms with E-state index in [9.17, 15) is 9.59 Å². The largest absolute Gasteiger partial charge is 0.364 e. The number of piperazine rings is 1. The normalized spacial score (nSPS) is 34.2. The molecule has 1 N–H and O–H groups in total. The summed E-state index contributed by atoms with van der Waals surface area (Å²) in [6.07, 6.45) is 5.42. The minimum Gasteiger partial charge on any atom is -0.364 e. The number of nitrogens with zero attached hydrogens (tertiary/aromatic N) is 2. The van der Waals surface area contributed by atoms with Crippen molar-refractivity contribution < 1.29 is 9.59 Å².